The molecule has 0 aliphatic heterocycles. The number of hydroxylamine groups is 2. The molecule has 1 aromatic carbocycles. The summed E-state index contributed by atoms with van der Waals surface area (Å²) in [5.41, 5.74) is 0.915. The van der Waals surface area contributed by atoms with Crippen molar-refractivity contribution >= 4 is 18.3 Å². The van der Waals surface area contributed by atoms with Crippen LogP contribution >= 0.6 is 0 Å². The van der Waals surface area contributed by atoms with Crippen LogP contribution in [0, 0.1) is 0 Å². The third-order valence-electron chi connectivity index (χ3n) is 1.92. The van der Waals surface area contributed by atoms with Crippen LogP contribution in [0.5, 0.6) is 0 Å². The summed E-state index contributed by atoms with van der Waals surface area (Å²) in [5, 5.41) is 0.979. The molecule has 16 heavy (non-hydrogen) atoms. The number of aldehydes is 1. The molecule has 0 spiro atoms. The summed E-state index contributed by atoms with van der Waals surface area (Å²) in [6.07, 6.45) is 3.64. The normalized spacial score (nSPS) is 10.3. The summed E-state index contributed by atoms with van der Waals surface area (Å²) in [7, 11) is 1.34. The van der Waals surface area contributed by atoms with E-state index in [1.807, 2.05) is 30.3 Å². The SMILES string of the molecule is CON(CC=O)C(=O)C=Cc1ccccc1. The van der Waals surface area contributed by atoms with Gasteiger partial charge in [0.1, 0.15) is 12.8 Å². The van der Waals surface area contributed by atoms with Crippen molar-refractivity contribution in [3.63, 3.8) is 0 Å². The molecule has 0 aliphatic rings. The maximum Gasteiger partial charge on any atom is 0.270 e. The molecule has 0 aromatic heterocycles. The van der Waals surface area contributed by atoms with E-state index in [2.05, 4.69) is 0 Å². The predicted octanol–water partition coefficient (Wildman–Crippen LogP) is 1.29. The van der Waals surface area contributed by atoms with Gasteiger partial charge in [-0.2, -0.15) is 0 Å². The number of carbonyl (C=O) groups excluding carboxylic acids is 2. The quantitative estimate of drug-likeness (QED) is 0.426. The van der Waals surface area contributed by atoms with Crippen LogP contribution in [0.1, 0.15) is 5.56 Å². The molecular formula is C12H13NO3. The van der Waals surface area contributed by atoms with Crippen LogP contribution in [-0.4, -0.2) is 30.9 Å². The topological polar surface area (TPSA) is 46.6 Å². The van der Waals surface area contributed by atoms with E-state index in [4.69, 9.17) is 4.84 Å². The van der Waals surface area contributed by atoms with E-state index in [-0.39, 0.29) is 12.5 Å². The lowest BCUT2D eigenvalue weighted by Crippen LogP contribution is -2.29. The van der Waals surface area contributed by atoms with E-state index in [9.17, 15) is 9.59 Å². The van der Waals surface area contributed by atoms with Gasteiger partial charge in [0.25, 0.3) is 5.91 Å². The first kappa shape index (κ1) is 12.1. The number of hydrogen-bond acceptors (Lipinski definition) is 3. The summed E-state index contributed by atoms with van der Waals surface area (Å²) in [6.45, 7) is -0.0749. The molecule has 4 heteroatoms. The van der Waals surface area contributed by atoms with Gasteiger partial charge in [0.2, 0.25) is 0 Å². The molecule has 0 bridgehead atoms. The van der Waals surface area contributed by atoms with Gasteiger partial charge >= 0.3 is 0 Å². The average molecular weight is 219 g/mol. The van der Waals surface area contributed by atoms with E-state index in [1.165, 1.54) is 13.2 Å². The van der Waals surface area contributed by atoms with Gasteiger partial charge in [-0.3, -0.25) is 9.63 Å². The van der Waals surface area contributed by atoms with E-state index in [0.717, 1.165) is 10.6 Å². The molecule has 0 saturated carbocycles. The zero-order valence-electron chi connectivity index (χ0n) is 9.00. The number of amides is 1. The van der Waals surface area contributed by atoms with Gasteiger partial charge < -0.3 is 4.79 Å². The van der Waals surface area contributed by atoms with Crippen LogP contribution in [0.25, 0.3) is 6.08 Å². The smallest absolute Gasteiger partial charge is 0.270 e. The predicted molar refractivity (Wildman–Crippen MR) is 60.3 cm³/mol. The number of hydrogen-bond donors (Lipinski definition) is 0. The van der Waals surface area contributed by atoms with Gasteiger partial charge in [0.05, 0.1) is 7.11 Å². The molecule has 4 nitrogen and oxygen atoms in total. The highest BCUT2D eigenvalue weighted by Crippen LogP contribution is 2.01. The molecule has 0 unspecified atom stereocenters. The summed E-state index contributed by atoms with van der Waals surface area (Å²) in [5.74, 6) is -0.363. The minimum absolute atomic E-state index is 0.0749. The Hall–Kier alpha value is -1.94. The fourth-order valence-corrected chi connectivity index (χ4v) is 1.14. The standard InChI is InChI=1S/C12H13NO3/c1-16-13(9-10-14)12(15)8-7-11-5-3-2-4-6-11/h2-8,10H,9H2,1H3. The molecule has 0 saturated heterocycles. The van der Waals surface area contributed by atoms with Gasteiger partial charge in [0, 0.05) is 6.08 Å². The van der Waals surface area contributed by atoms with Crippen molar-refractivity contribution in [3.8, 4) is 0 Å². The Labute approximate surface area is 94.1 Å². The second-order valence-electron chi connectivity index (χ2n) is 2.99. The maximum absolute atomic E-state index is 11.5. The lowest BCUT2D eigenvalue weighted by molar-refractivity contribution is -0.170. The molecule has 0 atom stereocenters. The molecule has 0 N–H and O–H groups in total. The van der Waals surface area contributed by atoms with Crippen molar-refractivity contribution in [2.45, 2.75) is 0 Å². The maximum atomic E-state index is 11.5. The summed E-state index contributed by atoms with van der Waals surface area (Å²) in [6, 6.07) is 9.40. The highest BCUT2D eigenvalue weighted by atomic mass is 16.7. The van der Waals surface area contributed by atoms with Crippen molar-refractivity contribution in [1.82, 2.24) is 5.06 Å². The van der Waals surface area contributed by atoms with Gasteiger partial charge in [-0.15, -0.1) is 0 Å². The molecule has 0 radical (unpaired) electrons. The molecule has 1 amide bonds. The fourth-order valence-electron chi connectivity index (χ4n) is 1.14. The largest absolute Gasteiger partial charge is 0.301 e. The molecule has 0 aliphatic carbocycles. The number of rotatable bonds is 5. The minimum atomic E-state index is -0.363. The molecular weight excluding hydrogens is 206 g/mol. The third kappa shape index (κ3) is 3.67. The average Bonchev–Trinajstić information content (AvgIpc) is 2.34. The first-order valence-electron chi connectivity index (χ1n) is 4.80. The summed E-state index contributed by atoms with van der Waals surface area (Å²) >= 11 is 0. The van der Waals surface area contributed by atoms with E-state index < -0.39 is 0 Å². The molecule has 84 valence electrons. The van der Waals surface area contributed by atoms with Gasteiger partial charge in [-0.1, -0.05) is 30.3 Å². The number of benzene rings is 1. The Balaban J connectivity index is 2.63. The van der Waals surface area contributed by atoms with Crippen LogP contribution in [-0.2, 0) is 14.4 Å². The first-order chi connectivity index (χ1) is 7.77. The van der Waals surface area contributed by atoms with Crippen molar-refractivity contribution in [1.29, 1.82) is 0 Å². The minimum Gasteiger partial charge on any atom is -0.301 e. The van der Waals surface area contributed by atoms with Crippen molar-refractivity contribution in [2.75, 3.05) is 13.7 Å². The zero-order valence-corrected chi connectivity index (χ0v) is 9.00. The van der Waals surface area contributed by atoms with Crippen LogP contribution < -0.4 is 0 Å². The van der Waals surface area contributed by atoms with E-state index in [0.29, 0.717) is 6.29 Å². The Kier molecular flexibility index (Phi) is 4.95. The lowest BCUT2D eigenvalue weighted by Gasteiger charge is -2.13. The van der Waals surface area contributed by atoms with Crippen LogP contribution in [0.3, 0.4) is 0 Å². The van der Waals surface area contributed by atoms with Gasteiger partial charge in [-0.05, 0) is 11.6 Å². The van der Waals surface area contributed by atoms with Gasteiger partial charge in [-0.25, -0.2) is 5.06 Å². The monoisotopic (exact) mass is 219 g/mol. The van der Waals surface area contributed by atoms with Crippen molar-refractivity contribution in [2.24, 2.45) is 0 Å². The van der Waals surface area contributed by atoms with E-state index in [1.54, 1.807) is 6.08 Å². The molecule has 0 heterocycles. The van der Waals surface area contributed by atoms with Crippen molar-refractivity contribution in [3.05, 3.63) is 42.0 Å². The third-order valence-corrected chi connectivity index (χ3v) is 1.92. The zero-order chi connectivity index (χ0) is 11.8. The Morgan fingerprint density at radius 3 is 2.62 bits per heavy atom. The van der Waals surface area contributed by atoms with Gasteiger partial charge in [0.15, 0.2) is 0 Å². The number of carbonyl (C=O) groups is 2. The highest BCUT2D eigenvalue weighted by Gasteiger charge is 2.07. The van der Waals surface area contributed by atoms with Crippen LogP contribution in [0.15, 0.2) is 36.4 Å². The lowest BCUT2D eigenvalue weighted by atomic mass is 10.2. The fraction of sp³-hybridized carbons (Fsp3) is 0.167. The van der Waals surface area contributed by atoms with Crippen LogP contribution in [0.4, 0.5) is 0 Å². The second kappa shape index (κ2) is 6.53. The van der Waals surface area contributed by atoms with Crippen molar-refractivity contribution < 1.29 is 14.4 Å². The Morgan fingerprint density at radius 2 is 2.06 bits per heavy atom. The Morgan fingerprint density at radius 1 is 1.38 bits per heavy atom. The molecule has 1 rings (SSSR count). The molecule has 1 aromatic rings. The highest BCUT2D eigenvalue weighted by molar-refractivity contribution is 5.91. The van der Waals surface area contributed by atoms with E-state index >= 15 is 0 Å². The second-order valence-corrected chi connectivity index (χ2v) is 2.99. The Bertz CT molecular complexity index is 373. The first-order valence-corrected chi connectivity index (χ1v) is 4.80. The molecule has 0 fully saturated rings. The summed E-state index contributed by atoms with van der Waals surface area (Å²) < 4.78 is 0. The number of nitrogens with zero attached hydrogens (tertiary/aromatic N) is 1. The van der Waals surface area contributed by atoms with Crippen LogP contribution in [0.2, 0.25) is 0 Å². The summed E-state index contributed by atoms with van der Waals surface area (Å²) in [4.78, 5) is 26.5.